The van der Waals surface area contributed by atoms with Crippen molar-refractivity contribution in [3.63, 3.8) is 0 Å². The van der Waals surface area contributed by atoms with Crippen molar-refractivity contribution in [2.75, 3.05) is 6.54 Å². The van der Waals surface area contributed by atoms with Crippen LogP contribution in [0.25, 0.3) is 0 Å². The predicted molar refractivity (Wildman–Crippen MR) is 137 cm³/mol. The molecule has 1 nitrogen and oxygen atoms in total. The summed E-state index contributed by atoms with van der Waals surface area (Å²) in [5.74, 6) is 3.11. The van der Waals surface area contributed by atoms with Gasteiger partial charge in [-0.05, 0) is 129 Å². The molecule has 1 heteroatoms. The highest BCUT2D eigenvalue weighted by atomic mass is 15.0. The van der Waals surface area contributed by atoms with Crippen LogP contribution in [0.5, 0.6) is 0 Å². The molecule has 174 valence electrons. The molecular weight excluding hydrogens is 374 g/mol. The van der Waals surface area contributed by atoms with Crippen molar-refractivity contribution < 1.29 is 0 Å². The molecule has 0 aromatic heterocycles. The molecule has 0 atom stereocenters. The zero-order valence-corrected chi connectivity index (χ0v) is 21.2. The fraction of sp³-hybridized carbons (Fsp3) is 0.733. The second-order valence-corrected chi connectivity index (χ2v) is 11.6. The Balaban J connectivity index is 1.31. The second kappa shape index (κ2) is 11.7. The summed E-state index contributed by atoms with van der Waals surface area (Å²) in [4.78, 5) is 0. The summed E-state index contributed by atoms with van der Waals surface area (Å²) in [6.07, 6.45) is 25.9. The third-order valence-corrected chi connectivity index (χ3v) is 8.12. The lowest BCUT2D eigenvalue weighted by Gasteiger charge is -2.57. The fourth-order valence-corrected chi connectivity index (χ4v) is 6.76. The van der Waals surface area contributed by atoms with E-state index in [-0.39, 0.29) is 0 Å². The van der Waals surface area contributed by atoms with Crippen LogP contribution in [-0.4, -0.2) is 12.1 Å². The largest absolute Gasteiger partial charge is 0.308 e. The van der Waals surface area contributed by atoms with Crippen molar-refractivity contribution in [3.05, 3.63) is 46.6 Å². The lowest BCUT2D eigenvalue weighted by molar-refractivity contribution is -0.0179. The van der Waals surface area contributed by atoms with E-state index in [2.05, 4.69) is 64.2 Å². The van der Waals surface area contributed by atoms with Crippen LogP contribution >= 0.6 is 0 Å². The van der Waals surface area contributed by atoms with Crippen LogP contribution in [0.15, 0.2) is 46.6 Å². The first-order chi connectivity index (χ1) is 14.8. The molecule has 4 aliphatic rings. The molecule has 0 unspecified atom stereocenters. The maximum absolute atomic E-state index is 4.01. The van der Waals surface area contributed by atoms with E-state index in [0.717, 1.165) is 24.3 Å². The number of hydrogen-bond donors (Lipinski definition) is 1. The molecule has 4 bridgehead atoms. The summed E-state index contributed by atoms with van der Waals surface area (Å²) in [6.45, 7) is 12.4. The minimum Gasteiger partial charge on any atom is -0.308 e. The van der Waals surface area contributed by atoms with Crippen LogP contribution in [0.1, 0.15) is 112 Å². The predicted octanol–water partition coefficient (Wildman–Crippen LogP) is 8.69. The fourth-order valence-electron chi connectivity index (χ4n) is 6.76. The van der Waals surface area contributed by atoms with E-state index in [0.29, 0.717) is 5.54 Å². The standard InChI is InChI=1S/C30H49N/c1-23(2)9-6-10-24(3)11-7-12-25(4)13-8-14-26(5)15-16-31-30-20-27-17-28(21-30)19-29(18-27)22-30/h9,11,13,15,27-29,31H,6-8,10,12,14,16-22H2,1-5H3. The number of rotatable bonds is 12. The van der Waals surface area contributed by atoms with Crippen molar-refractivity contribution in [1.82, 2.24) is 5.32 Å². The quantitative estimate of drug-likeness (QED) is 0.309. The first-order valence-corrected chi connectivity index (χ1v) is 13.2. The molecule has 0 heterocycles. The Morgan fingerprint density at radius 1 is 0.645 bits per heavy atom. The average molecular weight is 424 g/mol. The lowest BCUT2D eigenvalue weighted by Crippen LogP contribution is -2.58. The highest BCUT2D eigenvalue weighted by Gasteiger charge is 2.50. The summed E-state index contributed by atoms with van der Waals surface area (Å²) in [7, 11) is 0. The van der Waals surface area contributed by atoms with E-state index in [1.807, 2.05) is 0 Å². The van der Waals surface area contributed by atoms with Crippen molar-refractivity contribution >= 4 is 0 Å². The smallest absolute Gasteiger partial charge is 0.0192 e. The minimum absolute atomic E-state index is 0.499. The van der Waals surface area contributed by atoms with Crippen LogP contribution in [-0.2, 0) is 0 Å². The van der Waals surface area contributed by atoms with Gasteiger partial charge in [-0.1, -0.05) is 46.6 Å². The summed E-state index contributed by atoms with van der Waals surface area (Å²) in [5.41, 5.74) is 6.57. The molecule has 4 rings (SSSR count). The van der Waals surface area contributed by atoms with Crippen molar-refractivity contribution in [3.8, 4) is 0 Å². The molecule has 1 N–H and O–H groups in total. The number of hydrogen-bond acceptors (Lipinski definition) is 1. The second-order valence-electron chi connectivity index (χ2n) is 11.6. The zero-order valence-electron chi connectivity index (χ0n) is 21.2. The van der Waals surface area contributed by atoms with Gasteiger partial charge in [-0.25, -0.2) is 0 Å². The van der Waals surface area contributed by atoms with Gasteiger partial charge >= 0.3 is 0 Å². The van der Waals surface area contributed by atoms with E-state index < -0.39 is 0 Å². The highest BCUT2D eigenvalue weighted by Crippen LogP contribution is 2.55. The minimum atomic E-state index is 0.499. The van der Waals surface area contributed by atoms with Gasteiger partial charge in [0, 0.05) is 12.1 Å². The third-order valence-electron chi connectivity index (χ3n) is 8.12. The summed E-state index contributed by atoms with van der Waals surface area (Å²) in [5, 5.41) is 4.01. The maximum Gasteiger partial charge on any atom is 0.0192 e. The molecule has 4 aliphatic carbocycles. The number of allylic oxidation sites excluding steroid dienone is 7. The SMILES string of the molecule is CC(C)=CCCC(C)=CCCC(C)=CCCC(C)=CCNC12CC3CC(CC(C3)C1)C2. The molecule has 0 saturated heterocycles. The normalized spacial score (nSPS) is 30.7. The van der Waals surface area contributed by atoms with Crippen molar-refractivity contribution in [1.29, 1.82) is 0 Å². The molecule has 0 spiro atoms. The lowest BCUT2D eigenvalue weighted by atomic mass is 9.53. The Kier molecular flexibility index (Phi) is 9.26. The average Bonchev–Trinajstić information content (AvgIpc) is 2.66. The van der Waals surface area contributed by atoms with Gasteiger partial charge in [-0.2, -0.15) is 0 Å². The Morgan fingerprint density at radius 2 is 1.06 bits per heavy atom. The van der Waals surface area contributed by atoms with Gasteiger partial charge in [0.05, 0.1) is 0 Å². The van der Waals surface area contributed by atoms with Crippen LogP contribution in [0, 0.1) is 17.8 Å². The third kappa shape index (κ3) is 8.08. The van der Waals surface area contributed by atoms with Crippen LogP contribution in [0.2, 0.25) is 0 Å². The number of nitrogens with one attached hydrogen (secondary N) is 1. The maximum atomic E-state index is 4.01. The van der Waals surface area contributed by atoms with E-state index in [9.17, 15) is 0 Å². The molecular formula is C30H49N. The van der Waals surface area contributed by atoms with E-state index in [4.69, 9.17) is 0 Å². The monoisotopic (exact) mass is 423 g/mol. The van der Waals surface area contributed by atoms with Crippen LogP contribution in [0.4, 0.5) is 0 Å². The van der Waals surface area contributed by atoms with E-state index >= 15 is 0 Å². The molecule has 0 aliphatic heterocycles. The highest BCUT2D eigenvalue weighted by molar-refractivity contribution is 5.10. The Bertz CT molecular complexity index is 663. The van der Waals surface area contributed by atoms with Gasteiger partial charge in [0.15, 0.2) is 0 Å². The molecule has 0 aromatic carbocycles. The zero-order chi connectivity index (χ0) is 22.3. The molecule has 0 amide bonds. The van der Waals surface area contributed by atoms with Gasteiger partial charge < -0.3 is 5.32 Å². The summed E-state index contributed by atoms with van der Waals surface area (Å²) in [6, 6.07) is 0. The van der Waals surface area contributed by atoms with Crippen LogP contribution < -0.4 is 5.32 Å². The molecule has 0 radical (unpaired) electrons. The molecule has 4 saturated carbocycles. The van der Waals surface area contributed by atoms with Crippen molar-refractivity contribution in [2.45, 2.75) is 117 Å². The van der Waals surface area contributed by atoms with E-state index in [1.54, 1.807) is 11.1 Å². The first-order valence-electron chi connectivity index (χ1n) is 13.2. The van der Waals surface area contributed by atoms with Crippen molar-refractivity contribution in [2.24, 2.45) is 17.8 Å². The van der Waals surface area contributed by atoms with Gasteiger partial charge in [0.25, 0.3) is 0 Å². The molecule has 4 fully saturated rings. The Labute approximate surface area is 193 Å². The van der Waals surface area contributed by atoms with Gasteiger partial charge in [-0.15, -0.1) is 0 Å². The van der Waals surface area contributed by atoms with Gasteiger partial charge in [0.2, 0.25) is 0 Å². The molecule has 31 heavy (non-hydrogen) atoms. The topological polar surface area (TPSA) is 12.0 Å². The van der Waals surface area contributed by atoms with E-state index in [1.165, 1.54) is 88.2 Å². The van der Waals surface area contributed by atoms with Gasteiger partial charge in [-0.3, -0.25) is 0 Å². The summed E-state index contributed by atoms with van der Waals surface area (Å²) < 4.78 is 0. The first kappa shape index (κ1) is 24.6. The van der Waals surface area contributed by atoms with Crippen LogP contribution in [0.3, 0.4) is 0 Å². The Hall–Kier alpha value is -1.08. The summed E-state index contributed by atoms with van der Waals surface area (Å²) >= 11 is 0. The Morgan fingerprint density at radius 3 is 1.52 bits per heavy atom. The van der Waals surface area contributed by atoms with Gasteiger partial charge in [0.1, 0.15) is 0 Å². The molecule has 0 aromatic rings.